The molecule has 0 bridgehead atoms. The van der Waals surface area contributed by atoms with Gasteiger partial charge in [0.2, 0.25) is 5.91 Å². The van der Waals surface area contributed by atoms with Crippen molar-refractivity contribution in [3.8, 4) is 0 Å². The van der Waals surface area contributed by atoms with E-state index in [1.54, 1.807) is 0 Å². The standard InChI is InChI=1S/C11H17NO4/c1-7(8(2)11(14)15)10(13)12-5-9-3-4-16-6-9/h9H,3-6H2,1-2H3,(H,12,13)(H,14,15). The zero-order valence-corrected chi connectivity index (χ0v) is 9.58. The number of aliphatic carboxylic acids is 1. The molecule has 5 nitrogen and oxygen atoms in total. The normalized spacial score (nSPS) is 21.5. The van der Waals surface area contributed by atoms with Gasteiger partial charge in [0.15, 0.2) is 0 Å². The molecule has 1 fully saturated rings. The highest BCUT2D eigenvalue weighted by Crippen LogP contribution is 2.11. The number of carbonyl (C=O) groups excluding carboxylic acids is 1. The summed E-state index contributed by atoms with van der Waals surface area (Å²) in [5.41, 5.74) is 0.339. The van der Waals surface area contributed by atoms with E-state index in [9.17, 15) is 9.59 Å². The number of carboxylic acids is 1. The number of nitrogens with one attached hydrogen (secondary N) is 1. The van der Waals surface area contributed by atoms with E-state index in [0.717, 1.165) is 13.0 Å². The minimum atomic E-state index is -1.06. The SMILES string of the molecule is CC(C(=O)O)=C(C)C(=O)NCC1CCOC1. The molecule has 1 saturated heterocycles. The Kier molecular flexibility index (Phi) is 4.49. The molecule has 0 aromatic rings. The van der Waals surface area contributed by atoms with Crippen molar-refractivity contribution < 1.29 is 19.4 Å². The Bertz CT molecular complexity index is 316. The maximum atomic E-state index is 11.6. The van der Waals surface area contributed by atoms with Crippen LogP contribution in [0.3, 0.4) is 0 Å². The first kappa shape index (κ1) is 12.7. The van der Waals surface area contributed by atoms with Crippen LogP contribution >= 0.6 is 0 Å². The number of carbonyl (C=O) groups is 2. The fraction of sp³-hybridized carbons (Fsp3) is 0.636. The van der Waals surface area contributed by atoms with Crippen molar-refractivity contribution >= 4 is 11.9 Å². The van der Waals surface area contributed by atoms with Gasteiger partial charge in [-0.05, 0) is 20.3 Å². The van der Waals surface area contributed by atoms with Crippen molar-refractivity contribution in [3.05, 3.63) is 11.1 Å². The fourth-order valence-electron chi connectivity index (χ4n) is 1.44. The number of hydrogen-bond acceptors (Lipinski definition) is 3. The van der Waals surface area contributed by atoms with E-state index < -0.39 is 5.97 Å². The van der Waals surface area contributed by atoms with Gasteiger partial charge in [0.05, 0.1) is 6.61 Å². The van der Waals surface area contributed by atoms with Crippen LogP contribution in [-0.2, 0) is 14.3 Å². The van der Waals surface area contributed by atoms with Crippen LogP contribution in [0.2, 0.25) is 0 Å². The number of ether oxygens (including phenoxy) is 1. The lowest BCUT2D eigenvalue weighted by atomic mass is 10.1. The smallest absolute Gasteiger partial charge is 0.331 e. The van der Waals surface area contributed by atoms with Crippen LogP contribution < -0.4 is 5.32 Å². The summed E-state index contributed by atoms with van der Waals surface area (Å²) < 4.78 is 5.18. The molecule has 1 unspecified atom stereocenters. The minimum Gasteiger partial charge on any atom is -0.478 e. The zero-order valence-electron chi connectivity index (χ0n) is 9.58. The highest BCUT2D eigenvalue weighted by Gasteiger charge is 2.18. The first-order valence-corrected chi connectivity index (χ1v) is 5.29. The zero-order chi connectivity index (χ0) is 12.1. The van der Waals surface area contributed by atoms with Crippen LogP contribution in [0, 0.1) is 5.92 Å². The second-order valence-electron chi connectivity index (χ2n) is 3.99. The van der Waals surface area contributed by atoms with E-state index in [1.807, 2.05) is 0 Å². The van der Waals surface area contributed by atoms with Gasteiger partial charge in [-0.25, -0.2) is 4.79 Å². The van der Waals surface area contributed by atoms with Gasteiger partial charge in [0.25, 0.3) is 0 Å². The third-order valence-corrected chi connectivity index (χ3v) is 2.80. The van der Waals surface area contributed by atoms with Gasteiger partial charge in [-0.15, -0.1) is 0 Å². The lowest BCUT2D eigenvalue weighted by Gasteiger charge is -2.10. The highest BCUT2D eigenvalue weighted by atomic mass is 16.5. The molecule has 1 atom stereocenters. The van der Waals surface area contributed by atoms with Gasteiger partial charge in [-0.3, -0.25) is 4.79 Å². The summed E-state index contributed by atoms with van der Waals surface area (Å²) in [6, 6.07) is 0. The second kappa shape index (κ2) is 5.65. The Balaban J connectivity index is 2.45. The van der Waals surface area contributed by atoms with E-state index in [4.69, 9.17) is 9.84 Å². The summed E-state index contributed by atoms with van der Waals surface area (Å²) in [6.45, 7) is 4.90. The predicted octanol–water partition coefficient (Wildman–Crippen LogP) is 0.560. The summed E-state index contributed by atoms with van der Waals surface area (Å²) in [4.78, 5) is 22.2. The van der Waals surface area contributed by atoms with Crippen molar-refractivity contribution in [2.45, 2.75) is 20.3 Å². The van der Waals surface area contributed by atoms with E-state index in [-0.39, 0.29) is 17.1 Å². The molecule has 5 heteroatoms. The molecule has 90 valence electrons. The average molecular weight is 227 g/mol. The van der Waals surface area contributed by atoms with Crippen molar-refractivity contribution in [1.82, 2.24) is 5.32 Å². The largest absolute Gasteiger partial charge is 0.478 e. The molecule has 0 aliphatic carbocycles. The lowest BCUT2D eigenvalue weighted by molar-refractivity contribution is -0.133. The first-order valence-electron chi connectivity index (χ1n) is 5.29. The van der Waals surface area contributed by atoms with Crippen LogP contribution in [-0.4, -0.2) is 36.7 Å². The van der Waals surface area contributed by atoms with E-state index >= 15 is 0 Å². The van der Waals surface area contributed by atoms with E-state index in [1.165, 1.54) is 13.8 Å². The van der Waals surface area contributed by atoms with Gasteiger partial charge in [-0.2, -0.15) is 0 Å². The molecule has 0 aromatic heterocycles. The van der Waals surface area contributed by atoms with Gasteiger partial charge < -0.3 is 15.2 Å². The van der Waals surface area contributed by atoms with E-state index in [0.29, 0.717) is 19.1 Å². The topological polar surface area (TPSA) is 75.6 Å². The molecular weight excluding hydrogens is 210 g/mol. The van der Waals surface area contributed by atoms with Crippen molar-refractivity contribution in [1.29, 1.82) is 0 Å². The second-order valence-corrected chi connectivity index (χ2v) is 3.99. The summed E-state index contributed by atoms with van der Waals surface area (Å²) in [5.74, 6) is -1.02. The Morgan fingerprint density at radius 2 is 2.06 bits per heavy atom. The number of carboxylic acid groups (broad SMARTS) is 1. The van der Waals surface area contributed by atoms with Gasteiger partial charge in [0, 0.05) is 30.2 Å². The van der Waals surface area contributed by atoms with Crippen LogP contribution in [0.1, 0.15) is 20.3 Å². The third-order valence-electron chi connectivity index (χ3n) is 2.80. The Morgan fingerprint density at radius 1 is 1.38 bits per heavy atom. The first-order chi connectivity index (χ1) is 7.52. The Labute approximate surface area is 94.5 Å². The van der Waals surface area contributed by atoms with Crippen molar-refractivity contribution in [3.63, 3.8) is 0 Å². The molecule has 0 radical (unpaired) electrons. The van der Waals surface area contributed by atoms with Crippen molar-refractivity contribution in [2.24, 2.45) is 5.92 Å². The van der Waals surface area contributed by atoms with Crippen LogP contribution in [0.25, 0.3) is 0 Å². The molecule has 0 aromatic carbocycles. The van der Waals surface area contributed by atoms with Crippen molar-refractivity contribution in [2.75, 3.05) is 19.8 Å². The third kappa shape index (κ3) is 3.34. The van der Waals surface area contributed by atoms with Crippen LogP contribution in [0.15, 0.2) is 11.1 Å². The van der Waals surface area contributed by atoms with Gasteiger partial charge in [-0.1, -0.05) is 0 Å². The number of amides is 1. The molecule has 1 aliphatic rings. The Morgan fingerprint density at radius 3 is 2.56 bits per heavy atom. The average Bonchev–Trinajstić information content (AvgIpc) is 2.76. The van der Waals surface area contributed by atoms with Gasteiger partial charge in [0.1, 0.15) is 0 Å². The maximum absolute atomic E-state index is 11.6. The molecule has 0 saturated carbocycles. The molecule has 1 aliphatic heterocycles. The molecule has 16 heavy (non-hydrogen) atoms. The van der Waals surface area contributed by atoms with Crippen LogP contribution in [0.5, 0.6) is 0 Å². The highest BCUT2D eigenvalue weighted by molar-refractivity contribution is 6.01. The monoisotopic (exact) mass is 227 g/mol. The maximum Gasteiger partial charge on any atom is 0.331 e. The lowest BCUT2D eigenvalue weighted by Crippen LogP contribution is -2.30. The Hall–Kier alpha value is -1.36. The number of rotatable bonds is 4. The van der Waals surface area contributed by atoms with Gasteiger partial charge >= 0.3 is 5.97 Å². The molecule has 1 heterocycles. The molecular formula is C11H17NO4. The fourth-order valence-corrected chi connectivity index (χ4v) is 1.44. The summed E-state index contributed by atoms with van der Waals surface area (Å²) in [5, 5.41) is 11.4. The molecule has 2 N–H and O–H groups in total. The van der Waals surface area contributed by atoms with E-state index in [2.05, 4.69) is 5.32 Å². The summed E-state index contributed by atoms with van der Waals surface area (Å²) in [7, 11) is 0. The summed E-state index contributed by atoms with van der Waals surface area (Å²) >= 11 is 0. The quantitative estimate of drug-likeness (QED) is 0.688. The summed E-state index contributed by atoms with van der Waals surface area (Å²) in [6.07, 6.45) is 0.945. The predicted molar refractivity (Wildman–Crippen MR) is 57.9 cm³/mol. The minimum absolute atomic E-state index is 0.0835. The molecule has 1 amide bonds. The molecule has 0 spiro atoms. The van der Waals surface area contributed by atoms with Crippen LogP contribution in [0.4, 0.5) is 0 Å². The molecule has 1 rings (SSSR count). The number of hydrogen-bond donors (Lipinski definition) is 2.